The number of carbonyl (C=O) groups excluding carboxylic acids is 3. The zero-order valence-corrected chi connectivity index (χ0v) is 42.1. The molecule has 6 heteroatoms. The van der Waals surface area contributed by atoms with Crippen LogP contribution < -0.4 is 0 Å². The normalized spacial score (nSPS) is 12.2. The fourth-order valence-corrected chi connectivity index (χ4v) is 7.98. The molecule has 0 spiro atoms. The van der Waals surface area contributed by atoms with Crippen molar-refractivity contribution < 1.29 is 28.6 Å². The Morgan fingerprint density at radius 2 is 0.571 bits per heavy atom. The van der Waals surface area contributed by atoms with Crippen LogP contribution in [0, 0.1) is 0 Å². The summed E-state index contributed by atoms with van der Waals surface area (Å²) in [7, 11) is 0. The van der Waals surface area contributed by atoms with Crippen LogP contribution in [-0.4, -0.2) is 37.2 Å². The number of hydrogen-bond donors (Lipinski definition) is 0. The Balaban J connectivity index is 4.14. The standard InChI is InChI=1S/C57H104O6/c1-4-7-10-13-16-19-21-23-24-25-26-27-28-29-30-31-32-33-34-35-37-38-41-44-47-50-56(59)62-53-54(52-61-55(58)49-46-43-40-18-15-12-9-6-3)63-57(60)51-48-45-42-39-36-22-20-17-14-11-8-5-2/h21,23,25-26,28-29,54H,4-20,22,24,27,30-53H2,1-3H3/b23-21-,26-25-,29-28-. The molecular formula is C57H104O6. The Hall–Kier alpha value is -2.37. The summed E-state index contributed by atoms with van der Waals surface area (Å²) >= 11 is 0. The highest BCUT2D eigenvalue weighted by atomic mass is 16.6. The molecule has 0 heterocycles. The van der Waals surface area contributed by atoms with Gasteiger partial charge in [0, 0.05) is 19.3 Å². The topological polar surface area (TPSA) is 78.9 Å². The van der Waals surface area contributed by atoms with Gasteiger partial charge in [-0.3, -0.25) is 14.4 Å². The highest BCUT2D eigenvalue weighted by Gasteiger charge is 2.19. The molecule has 0 aromatic heterocycles. The minimum Gasteiger partial charge on any atom is -0.462 e. The number of esters is 3. The van der Waals surface area contributed by atoms with E-state index in [1.165, 1.54) is 180 Å². The van der Waals surface area contributed by atoms with Gasteiger partial charge in [0.1, 0.15) is 13.2 Å². The molecule has 0 amide bonds. The second-order valence-corrected chi connectivity index (χ2v) is 18.5. The monoisotopic (exact) mass is 885 g/mol. The van der Waals surface area contributed by atoms with Crippen LogP contribution in [0.25, 0.3) is 0 Å². The summed E-state index contributed by atoms with van der Waals surface area (Å²) in [6.07, 6.45) is 61.5. The van der Waals surface area contributed by atoms with Crippen molar-refractivity contribution in [2.75, 3.05) is 13.2 Å². The molecule has 368 valence electrons. The summed E-state index contributed by atoms with van der Waals surface area (Å²) in [5.41, 5.74) is 0. The minimum absolute atomic E-state index is 0.0694. The maximum absolute atomic E-state index is 12.7. The fourth-order valence-electron chi connectivity index (χ4n) is 7.98. The van der Waals surface area contributed by atoms with Crippen molar-refractivity contribution in [1.82, 2.24) is 0 Å². The maximum atomic E-state index is 12.7. The molecule has 0 radical (unpaired) electrons. The van der Waals surface area contributed by atoms with E-state index in [0.29, 0.717) is 19.3 Å². The number of ether oxygens (including phenoxy) is 3. The molecule has 0 aliphatic rings. The van der Waals surface area contributed by atoms with E-state index in [-0.39, 0.29) is 31.1 Å². The van der Waals surface area contributed by atoms with Crippen molar-refractivity contribution in [3.05, 3.63) is 36.5 Å². The number of hydrogen-bond acceptors (Lipinski definition) is 6. The van der Waals surface area contributed by atoms with Crippen LogP contribution in [-0.2, 0) is 28.6 Å². The molecule has 0 saturated carbocycles. The first kappa shape index (κ1) is 60.6. The van der Waals surface area contributed by atoms with E-state index in [9.17, 15) is 14.4 Å². The van der Waals surface area contributed by atoms with Gasteiger partial charge in [-0.1, -0.05) is 250 Å². The number of unbranched alkanes of at least 4 members (excludes halogenated alkanes) is 33. The highest BCUT2D eigenvalue weighted by molar-refractivity contribution is 5.71. The van der Waals surface area contributed by atoms with Gasteiger partial charge in [-0.25, -0.2) is 0 Å². The molecule has 0 fully saturated rings. The molecule has 0 aromatic carbocycles. The molecule has 0 aliphatic heterocycles. The lowest BCUT2D eigenvalue weighted by Gasteiger charge is -2.18. The predicted molar refractivity (Wildman–Crippen MR) is 270 cm³/mol. The fraction of sp³-hybridized carbons (Fsp3) is 0.842. The zero-order valence-electron chi connectivity index (χ0n) is 42.1. The second kappa shape index (κ2) is 52.3. The first-order valence-corrected chi connectivity index (χ1v) is 27.5. The lowest BCUT2D eigenvalue weighted by molar-refractivity contribution is -0.167. The highest BCUT2D eigenvalue weighted by Crippen LogP contribution is 2.16. The van der Waals surface area contributed by atoms with E-state index in [4.69, 9.17) is 14.2 Å². The van der Waals surface area contributed by atoms with Gasteiger partial charge in [0.2, 0.25) is 0 Å². The van der Waals surface area contributed by atoms with Crippen LogP contribution in [0.4, 0.5) is 0 Å². The van der Waals surface area contributed by atoms with Gasteiger partial charge in [-0.2, -0.15) is 0 Å². The summed E-state index contributed by atoms with van der Waals surface area (Å²) < 4.78 is 16.8. The van der Waals surface area contributed by atoms with Crippen molar-refractivity contribution in [2.24, 2.45) is 0 Å². The van der Waals surface area contributed by atoms with Gasteiger partial charge in [0.05, 0.1) is 0 Å². The third-order valence-corrected chi connectivity index (χ3v) is 12.1. The Bertz CT molecular complexity index is 1060. The van der Waals surface area contributed by atoms with Crippen molar-refractivity contribution in [2.45, 2.75) is 297 Å². The second-order valence-electron chi connectivity index (χ2n) is 18.5. The van der Waals surface area contributed by atoms with Crippen LogP contribution in [0.2, 0.25) is 0 Å². The smallest absolute Gasteiger partial charge is 0.306 e. The zero-order chi connectivity index (χ0) is 45.8. The van der Waals surface area contributed by atoms with E-state index in [2.05, 4.69) is 57.2 Å². The summed E-state index contributed by atoms with van der Waals surface area (Å²) in [6.45, 7) is 6.61. The molecule has 1 unspecified atom stereocenters. The van der Waals surface area contributed by atoms with Crippen molar-refractivity contribution in [1.29, 1.82) is 0 Å². The summed E-state index contributed by atoms with van der Waals surface area (Å²) in [5, 5.41) is 0. The van der Waals surface area contributed by atoms with E-state index < -0.39 is 6.10 Å². The lowest BCUT2D eigenvalue weighted by Crippen LogP contribution is -2.30. The summed E-state index contributed by atoms with van der Waals surface area (Å²) in [4.78, 5) is 37.8. The van der Waals surface area contributed by atoms with Gasteiger partial charge in [-0.15, -0.1) is 0 Å². The van der Waals surface area contributed by atoms with Gasteiger partial charge in [0.15, 0.2) is 6.10 Å². The van der Waals surface area contributed by atoms with Crippen LogP contribution >= 0.6 is 0 Å². The first-order chi connectivity index (χ1) is 31.0. The third-order valence-electron chi connectivity index (χ3n) is 12.1. The maximum Gasteiger partial charge on any atom is 0.306 e. The summed E-state index contributed by atoms with van der Waals surface area (Å²) in [5.74, 6) is -0.866. The summed E-state index contributed by atoms with van der Waals surface area (Å²) in [6, 6.07) is 0. The Kier molecular flexibility index (Phi) is 50.3. The minimum atomic E-state index is -0.766. The van der Waals surface area contributed by atoms with E-state index in [0.717, 1.165) is 70.6 Å². The first-order valence-electron chi connectivity index (χ1n) is 27.5. The average Bonchev–Trinajstić information content (AvgIpc) is 3.28. The van der Waals surface area contributed by atoms with Crippen molar-refractivity contribution in [3.8, 4) is 0 Å². The molecular weight excluding hydrogens is 781 g/mol. The van der Waals surface area contributed by atoms with Crippen molar-refractivity contribution in [3.63, 3.8) is 0 Å². The van der Waals surface area contributed by atoms with Crippen molar-refractivity contribution >= 4 is 17.9 Å². The Morgan fingerprint density at radius 1 is 0.317 bits per heavy atom. The number of allylic oxidation sites excluding steroid dienone is 6. The Labute approximate surface area is 391 Å². The number of rotatable bonds is 50. The van der Waals surface area contributed by atoms with Crippen LogP contribution in [0.5, 0.6) is 0 Å². The molecule has 0 saturated heterocycles. The lowest BCUT2D eigenvalue weighted by atomic mass is 10.0. The van der Waals surface area contributed by atoms with E-state index in [1.54, 1.807) is 0 Å². The molecule has 63 heavy (non-hydrogen) atoms. The van der Waals surface area contributed by atoms with Crippen LogP contribution in [0.15, 0.2) is 36.5 Å². The van der Waals surface area contributed by atoms with Crippen LogP contribution in [0.3, 0.4) is 0 Å². The largest absolute Gasteiger partial charge is 0.462 e. The molecule has 0 bridgehead atoms. The molecule has 0 N–H and O–H groups in total. The molecule has 6 nitrogen and oxygen atoms in total. The van der Waals surface area contributed by atoms with E-state index in [1.807, 2.05) is 0 Å². The molecule has 0 rings (SSSR count). The quantitative estimate of drug-likeness (QED) is 0.0262. The SMILES string of the molecule is CCCCCCC/C=C\C/C=C\C/C=C\CCCCCCCCCCCCC(=O)OCC(COC(=O)CCCCCCCCCC)OC(=O)CCCCCCCCCCCCCC. The molecule has 0 aromatic rings. The Morgan fingerprint density at radius 3 is 0.889 bits per heavy atom. The third kappa shape index (κ3) is 50.5. The van der Waals surface area contributed by atoms with Gasteiger partial charge in [-0.05, 0) is 57.8 Å². The molecule has 0 aliphatic carbocycles. The average molecular weight is 885 g/mol. The van der Waals surface area contributed by atoms with Gasteiger partial charge >= 0.3 is 17.9 Å². The predicted octanol–water partition coefficient (Wildman–Crippen LogP) is 18.1. The van der Waals surface area contributed by atoms with E-state index >= 15 is 0 Å². The van der Waals surface area contributed by atoms with Gasteiger partial charge < -0.3 is 14.2 Å². The number of carbonyl (C=O) groups is 3. The van der Waals surface area contributed by atoms with Crippen LogP contribution in [0.1, 0.15) is 290 Å². The molecule has 1 atom stereocenters. The van der Waals surface area contributed by atoms with Gasteiger partial charge in [0.25, 0.3) is 0 Å².